The summed E-state index contributed by atoms with van der Waals surface area (Å²) >= 11 is 6.58. The summed E-state index contributed by atoms with van der Waals surface area (Å²) in [5.74, 6) is 5.58. The molecular formula is C28H47Cl. The first kappa shape index (κ1) is 22.2. The lowest BCUT2D eigenvalue weighted by molar-refractivity contribution is -0.106. The number of hydrogen-bond donors (Lipinski definition) is 0. The van der Waals surface area contributed by atoms with Gasteiger partial charge in [0, 0.05) is 5.38 Å². The van der Waals surface area contributed by atoms with Gasteiger partial charge in [-0.05, 0) is 97.7 Å². The largest absolute Gasteiger partial charge is 0.123 e. The Bertz CT molecular complexity index is 605. The van der Waals surface area contributed by atoms with E-state index in [0.717, 1.165) is 35.5 Å². The zero-order valence-electron chi connectivity index (χ0n) is 20.0. The van der Waals surface area contributed by atoms with Crippen molar-refractivity contribution in [3.8, 4) is 0 Å². The summed E-state index contributed by atoms with van der Waals surface area (Å²) in [4.78, 5) is 0. The van der Waals surface area contributed by atoms with Crippen LogP contribution >= 0.6 is 11.6 Å². The number of rotatable bonds is 5. The first-order chi connectivity index (χ1) is 13.8. The van der Waals surface area contributed by atoms with E-state index < -0.39 is 0 Å². The van der Waals surface area contributed by atoms with Crippen molar-refractivity contribution in [3.05, 3.63) is 11.6 Å². The smallest absolute Gasteiger partial charge is 0.0373 e. The van der Waals surface area contributed by atoms with E-state index in [4.69, 9.17) is 11.6 Å². The van der Waals surface area contributed by atoms with Gasteiger partial charge in [-0.2, -0.15) is 0 Å². The zero-order chi connectivity index (χ0) is 20.8. The SMILES string of the molecule is CC(C)CCCC(C)C1CCC[C@H]2[C@H]3CC=C4CC(Cl)CCC4(C)[C@H]3CCC12C. The van der Waals surface area contributed by atoms with E-state index in [1.54, 1.807) is 5.57 Å². The fraction of sp³-hybridized carbons (Fsp3) is 0.929. The molecule has 4 rings (SSSR count). The average molecular weight is 419 g/mol. The van der Waals surface area contributed by atoms with Crippen LogP contribution in [0.2, 0.25) is 0 Å². The molecule has 166 valence electrons. The van der Waals surface area contributed by atoms with E-state index in [1.165, 1.54) is 77.0 Å². The Morgan fingerprint density at radius 1 is 1.00 bits per heavy atom. The molecule has 4 aliphatic carbocycles. The van der Waals surface area contributed by atoms with E-state index in [0.29, 0.717) is 16.2 Å². The minimum Gasteiger partial charge on any atom is -0.123 e. The molecule has 0 aromatic carbocycles. The van der Waals surface area contributed by atoms with Crippen LogP contribution in [0.25, 0.3) is 0 Å². The van der Waals surface area contributed by atoms with E-state index in [2.05, 4.69) is 40.7 Å². The van der Waals surface area contributed by atoms with E-state index in [-0.39, 0.29) is 0 Å². The third-order valence-electron chi connectivity index (χ3n) is 10.5. The lowest BCUT2D eigenvalue weighted by Gasteiger charge is -2.62. The first-order valence-corrected chi connectivity index (χ1v) is 13.5. The van der Waals surface area contributed by atoms with Gasteiger partial charge in [0.2, 0.25) is 0 Å². The lowest BCUT2D eigenvalue weighted by atomic mass is 9.43. The van der Waals surface area contributed by atoms with Crippen LogP contribution in [0, 0.1) is 46.3 Å². The first-order valence-electron chi connectivity index (χ1n) is 13.1. The Labute approximate surface area is 186 Å². The maximum atomic E-state index is 6.58. The summed E-state index contributed by atoms with van der Waals surface area (Å²) in [6.45, 7) is 12.7. The molecule has 0 N–H and O–H groups in total. The van der Waals surface area contributed by atoms with Crippen molar-refractivity contribution >= 4 is 11.6 Å². The van der Waals surface area contributed by atoms with Crippen molar-refractivity contribution in [2.24, 2.45) is 46.3 Å². The number of halogens is 1. The molecule has 29 heavy (non-hydrogen) atoms. The maximum Gasteiger partial charge on any atom is 0.0373 e. The van der Waals surface area contributed by atoms with Gasteiger partial charge in [-0.15, -0.1) is 11.6 Å². The van der Waals surface area contributed by atoms with E-state index in [9.17, 15) is 0 Å². The molecule has 3 fully saturated rings. The summed E-state index contributed by atoms with van der Waals surface area (Å²) in [5.41, 5.74) is 2.80. The molecule has 0 heterocycles. The number of fused-ring (bicyclic) bond motifs is 5. The molecular weight excluding hydrogens is 372 g/mol. The number of hydrogen-bond acceptors (Lipinski definition) is 0. The molecule has 4 aliphatic rings. The van der Waals surface area contributed by atoms with Gasteiger partial charge in [0.25, 0.3) is 0 Å². The fourth-order valence-corrected chi connectivity index (χ4v) is 9.11. The Kier molecular flexibility index (Phi) is 6.53. The molecule has 0 spiro atoms. The quantitative estimate of drug-likeness (QED) is 0.308. The van der Waals surface area contributed by atoms with Gasteiger partial charge in [0.05, 0.1) is 0 Å². The molecule has 0 saturated heterocycles. The molecule has 0 bridgehead atoms. The maximum absolute atomic E-state index is 6.58. The average Bonchev–Trinajstić information content (AvgIpc) is 2.67. The predicted octanol–water partition coefficient (Wildman–Crippen LogP) is 9.03. The van der Waals surface area contributed by atoms with Crippen molar-refractivity contribution in [2.45, 2.75) is 117 Å². The van der Waals surface area contributed by atoms with E-state index >= 15 is 0 Å². The van der Waals surface area contributed by atoms with Crippen molar-refractivity contribution in [1.82, 2.24) is 0 Å². The third-order valence-corrected chi connectivity index (χ3v) is 10.9. The van der Waals surface area contributed by atoms with Crippen LogP contribution in [0.3, 0.4) is 0 Å². The Hall–Kier alpha value is 0.0300. The number of allylic oxidation sites excluding steroid dienone is 2. The van der Waals surface area contributed by atoms with Gasteiger partial charge in [-0.3, -0.25) is 0 Å². The monoisotopic (exact) mass is 418 g/mol. The molecule has 0 aliphatic heterocycles. The fourth-order valence-electron chi connectivity index (χ4n) is 8.84. The highest BCUT2D eigenvalue weighted by Gasteiger charge is 2.57. The second-order valence-corrected chi connectivity index (χ2v) is 13.1. The second-order valence-electron chi connectivity index (χ2n) is 12.5. The summed E-state index contributed by atoms with van der Waals surface area (Å²) < 4.78 is 0. The van der Waals surface area contributed by atoms with Crippen LogP contribution in [0.5, 0.6) is 0 Å². The normalized spacial score (nSPS) is 45.8. The Morgan fingerprint density at radius 2 is 1.79 bits per heavy atom. The molecule has 0 aromatic heterocycles. The molecule has 0 radical (unpaired) electrons. The third kappa shape index (κ3) is 3.99. The zero-order valence-corrected chi connectivity index (χ0v) is 20.7. The summed E-state index contributed by atoms with van der Waals surface area (Å²) in [6, 6.07) is 0. The molecule has 3 saturated carbocycles. The lowest BCUT2D eigenvalue weighted by Crippen LogP contribution is -2.54. The highest BCUT2D eigenvalue weighted by atomic mass is 35.5. The van der Waals surface area contributed by atoms with Crippen molar-refractivity contribution in [2.75, 3.05) is 0 Å². The minimum atomic E-state index is 0.394. The van der Waals surface area contributed by atoms with Gasteiger partial charge in [-0.1, -0.05) is 72.0 Å². The molecule has 5 unspecified atom stereocenters. The standard InChI is InChI=1S/C28H47Cl/c1-19(2)8-6-9-20(3)24-10-7-11-25-23-13-12-21-18-22(29)14-16-27(21,4)26(23)15-17-28(24,25)5/h12,19-20,22-26H,6-11,13-18H2,1-5H3/t20?,22?,23-,24?,25+,26+,27?,28?/m1/s1. The summed E-state index contributed by atoms with van der Waals surface area (Å²) in [6.07, 6.45) is 19.5. The highest BCUT2D eigenvalue weighted by Crippen LogP contribution is 2.66. The van der Waals surface area contributed by atoms with Crippen molar-refractivity contribution < 1.29 is 0 Å². The van der Waals surface area contributed by atoms with Gasteiger partial charge in [-0.25, -0.2) is 0 Å². The highest BCUT2D eigenvalue weighted by molar-refractivity contribution is 6.20. The van der Waals surface area contributed by atoms with E-state index in [1.807, 2.05) is 0 Å². The van der Waals surface area contributed by atoms with Gasteiger partial charge >= 0.3 is 0 Å². The number of alkyl halides is 1. The van der Waals surface area contributed by atoms with Crippen LogP contribution in [0.4, 0.5) is 0 Å². The van der Waals surface area contributed by atoms with Crippen molar-refractivity contribution in [3.63, 3.8) is 0 Å². The van der Waals surface area contributed by atoms with Crippen LogP contribution in [-0.2, 0) is 0 Å². The van der Waals surface area contributed by atoms with Crippen LogP contribution in [-0.4, -0.2) is 5.38 Å². The topological polar surface area (TPSA) is 0 Å². The summed E-state index contributed by atoms with van der Waals surface area (Å²) in [5, 5.41) is 0.394. The van der Waals surface area contributed by atoms with Crippen LogP contribution in [0.1, 0.15) is 112 Å². The van der Waals surface area contributed by atoms with Gasteiger partial charge < -0.3 is 0 Å². The molecule has 0 aromatic rings. The minimum absolute atomic E-state index is 0.394. The molecule has 0 amide bonds. The van der Waals surface area contributed by atoms with Crippen LogP contribution < -0.4 is 0 Å². The summed E-state index contributed by atoms with van der Waals surface area (Å²) in [7, 11) is 0. The second kappa shape index (κ2) is 8.52. The Morgan fingerprint density at radius 3 is 2.55 bits per heavy atom. The molecule has 8 atom stereocenters. The van der Waals surface area contributed by atoms with Gasteiger partial charge in [0.1, 0.15) is 0 Å². The molecule has 0 nitrogen and oxygen atoms in total. The Balaban J connectivity index is 1.52. The van der Waals surface area contributed by atoms with Crippen molar-refractivity contribution in [1.29, 1.82) is 0 Å². The predicted molar refractivity (Wildman–Crippen MR) is 127 cm³/mol. The molecule has 1 heteroatoms. The van der Waals surface area contributed by atoms with Gasteiger partial charge in [0.15, 0.2) is 0 Å². The van der Waals surface area contributed by atoms with Crippen LogP contribution in [0.15, 0.2) is 11.6 Å².